The van der Waals surface area contributed by atoms with Crippen LogP contribution in [0.5, 0.6) is 0 Å². The van der Waals surface area contributed by atoms with Gasteiger partial charge in [0, 0.05) is 24.3 Å². The molecule has 1 aliphatic heterocycles. The van der Waals surface area contributed by atoms with Gasteiger partial charge < -0.3 is 11.1 Å². The summed E-state index contributed by atoms with van der Waals surface area (Å²) in [5.74, 6) is 1.18. The van der Waals surface area contributed by atoms with E-state index >= 15 is 0 Å². The van der Waals surface area contributed by atoms with Gasteiger partial charge in [0.1, 0.15) is 0 Å². The molecule has 3 N–H and O–H groups in total. The molecule has 4 heteroatoms. The molecule has 0 saturated carbocycles. The first-order valence-corrected chi connectivity index (χ1v) is 7.02. The van der Waals surface area contributed by atoms with Gasteiger partial charge in [-0.3, -0.25) is 0 Å². The second-order valence-electron chi connectivity index (χ2n) is 4.72. The molecule has 2 atom stereocenters. The number of hydrogen-bond donors (Lipinski definition) is 2. The molecule has 1 aliphatic rings. The van der Waals surface area contributed by atoms with Gasteiger partial charge >= 0.3 is 0 Å². The summed E-state index contributed by atoms with van der Waals surface area (Å²) in [6.45, 7) is 5.17. The van der Waals surface area contributed by atoms with E-state index in [1.807, 2.05) is 0 Å². The topological polar surface area (TPSA) is 50.9 Å². The van der Waals surface area contributed by atoms with Crippen LogP contribution in [0.3, 0.4) is 0 Å². The van der Waals surface area contributed by atoms with Gasteiger partial charge in [-0.15, -0.1) is 11.3 Å². The molecule has 1 aromatic rings. The Hall–Kier alpha value is -0.450. The standard InChI is InChI=1S/C12H21N3S/c1-9(6-13)11-8-16-12(15-11)5-10-3-2-4-14-7-10/h8-10,14H,2-7,13H2,1H3. The molecule has 2 rings (SSSR count). The third-order valence-corrected chi connectivity index (χ3v) is 4.18. The highest BCUT2D eigenvalue weighted by Gasteiger charge is 2.16. The smallest absolute Gasteiger partial charge is 0.0931 e. The third-order valence-electron chi connectivity index (χ3n) is 3.29. The second-order valence-corrected chi connectivity index (χ2v) is 5.66. The minimum atomic E-state index is 0.398. The zero-order chi connectivity index (χ0) is 11.4. The molecule has 1 aromatic heterocycles. The van der Waals surface area contributed by atoms with Crippen LogP contribution in [0.15, 0.2) is 5.38 Å². The van der Waals surface area contributed by atoms with Crippen molar-refractivity contribution in [1.29, 1.82) is 0 Å². The van der Waals surface area contributed by atoms with Gasteiger partial charge in [-0.25, -0.2) is 4.98 Å². The number of nitrogens with zero attached hydrogens (tertiary/aromatic N) is 1. The molecule has 0 aliphatic carbocycles. The fraction of sp³-hybridized carbons (Fsp3) is 0.750. The summed E-state index contributed by atoms with van der Waals surface area (Å²) in [5.41, 5.74) is 6.82. The minimum absolute atomic E-state index is 0.398. The predicted octanol–water partition coefficient (Wildman–Crippen LogP) is 1.75. The molecule has 16 heavy (non-hydrogen) atoms. The molecule has 1 fully saturated rings. The number of thiazole rings is 1. The van der Waals surface area contributed by atoms with Crippen LogP contribution in [0.2, 0.25) is 0 Å². The van der Waals surface area contributed by atoms with Crippen molar-refractivity contribution in [3.63, 3.8) is 0 Å². The van der Waals surface area contributed by atoms with Crippen LogP contribution in [-0.4, -0.2) is 24.6 Å². The lowest BCUT2D eigenvalue weighted by molar-refractivity contribution is 0.375. The molecular formula is C12H21N3S. The molecule has 0 aromatic carbocycles. The van der Waals surface area contributed by atoms with Crippen LogP contribution in [0.4, 0.5) is 0 Å². The van der Waals surface area contributed by atoms with Crippen molar-refractivity contribution in [2.24, 2.45) is 11.7 Å². The molecule has 3 nitrogen and oxygen atoms in total. The quantitative estimate of drug-likeness (QED) is 0.841. The first-order chi connectivity index (χ1) is 7.79. The summed E-state index contributed by atoms with van der Waals surface area (Å²) in [6.07, 6.45) is 3.78. The molecule has 0 radical (unpaired) electrons. The fourth-order valence-corrected chi connectivity index (χ4v) is 3.14. The fourth-order valence-electron chi connectivity index (χ4n) is 2.11. The van der Waals surface area contributed by atoms with E-state index in [2.05, 4.69) is 22.6 Å². The van der Waals surface area contributed by atoms with Crippen molar-refractivity contribution in [2.45, 2.75) is 32.1 Å². The first-order valence-electron chi connectivity index (χ1n) is 6.14. The molecule has 0 amide bonds. The highest BCUT2D eigenvalue weighted by molar-refractivity contribution is 7.09. The van der Waals surface area contributed by atoms with Gasteiger partial charge in [-0.05, 0) is 31.8 Å². The van der Waals surface area contributed by atoms with Gasteiger partial charge in [0.15, 0.2) is 0 Å². The van der Waals surface area contributed by atoms with Gasteiger partial charge in [0.05, 0.1) is 10.7 Å². The Labute approximate surface area is 101 Å². The Morgan fingerprint density at radius 3 is 3.25 bits per heavy atom. The van der Waals surface area contributed by atoms with Crippen molar-refractivity contribution < 1.29 is 0 Å². The van der Waals surface area contributed by atoms with Crippen molar-refractivity contribution >= 4 is 11.3 Å². The number of nitrogens with two attached hydrogens (primary N) is 1. The van der Waals surface area contributed by atoms with E-state index in [0.29, 0.717) is 12.5 Å². The normalized spacial score (nSPS) is 23.2. The van der Waals surface area contributed by atoms with Crippen molar-refractivity contribution in [2.75, 3.05) is 19.6 Å². The van der Waals surface area contributed by atoms with E-state index in [1.54, 1.807) is 11.3 Å². The Morgan fingerprint density at radius 2 is 2.56 bits per heavy atom. The number of hydrogen-bond acceptors (Lipinski definition) is 4. The summed E-state index contributed by atoms with van der Waals surface area (Å²) in [4.78, 5) is 4.69. The van der Waals surface area contributed by atoms with Gasteiger partial charge in [0.25, 0.3) is 0 Å². The molecule has 0 bridgehead atoms. The Balaban J connectivity index is 1.91. The summed E-state index contributed by atoms with van der Waals surface area (Å²) in [7, 11) is 0. The second kappa shape index (κ2) is 5.75. The Bertz CT molecular complexity index is 318. The monoisotopic (exact) mass is 239 g/mol. The van der Waals surface area contributed by atoms with Crippen LogP contribution < -0.4 is 11.1 Å². The first kappa shape index (κ1) is 12.0. The average Bonchev–Trinajstić information content (AvgIpc) is 2.78. The van der Waals surface area contributed by atoms with Crippen LogP contribution >= 0.6 is 11.3 Å². The third kappa shape index (κ3) is 3.03. The maximum Gasteiger partial charge on any atom is 0.0931 e. The molecular weight excluding hydrogens is 218 g/mol. The maximum absolute atomic E-state index is 5.65. The van der Waals surface area contributed by atoms with Crippen LogP contribution in [0, 0.1) is 5.92 Å². The summed E-state index contributed by atoms with van der Waals surface area (Å²) in [5, 5.41) is 6.90. The van der Waals surface area contributed by atoms with Crippen LogP contribution in [0.25, 0.3) is 0 Å². The number of rotatable bonds is 4. The molecule has 1 saturated heterocycles. The number of nitrogens with one attached hydrogen (secondary N) is 1. The van der Waals surface area contributed by atoms with Crippen molar-refractivity contribution in [3.8, 4) is 0 Å². The average molecular weight is 239 g/mol. The van der Waals surface area contributed by atoms with E-state index < -0.39 is 0 Å². The highest BCUT2D eigenvalue weighted by Crippen LogP contribution is 2.22. The SMILES string of the molecule is CC(CN)c1csc(CC2CCCNC2)n1. The van der Waals surface area contributed by atoms with E-state index in [-0.39, 0.29) is 0 Å². The zero-order valence-electron chi connectivity index (χ0n) is 9.91. The number of piperidine rings is 1. The van der Waals surface area contributed by atoms with Gasteiger partial charge in [0.2, 0.25) is 0 Å². The lowest BCUT2D eigenvalue weighted by Crippen LogP contribution is -2.30. The molecule has 90 valence electrons. The molecule has 2 heterocycles. The van der Waals surface area contributed by atoms with Crippen LogP contribution in [-0.2, 0) is 6.42 Å². The van der Waals surface area contributed by atoms with E-state index in [1.165, 1.54) is 30.1 Å². The molecule has 0 spiro atoms. The largest absolute Gasteiger partial charge is 0.330 e. The van der Waals surface area contributed by atoms with Gasteiger partial charge in [-0.1, -0.05) is 6.92 Å². The number of aromatic nitrogens is 1. The Kier molecular flexibility index (Phi) is 4.32. The van der Waals surface area contributed by atoms with Crippen molar-refractivity contribution in [3.05, 3.63) is 16.1 Å². The summed E-state index contributed by atoms with van der Waals surface area (Å²) >= 11 is 1.79. The lowest BCUT2D eigenvalue weighted by atomic mass is 9.97. The Morgan fingerprint density at radius 1 is 1.69 bits per heavy atom. The van der Waals surface area contributed by atoms with Crippen molar-refractivity contribution in [1.82, 2.24) is 10.3 Å². The highest BCUT2D eigenvalue weighted by atomic mass is 32.1. The molecule has 2 unspecified atom stereocenters. The minimum Gasteiger partial charge on any atom is -0.330 e. The van der Waals surface area contributed by atoms with E-state index in [4.69, 9.17) is 5.73 Å². The predicted molar refractivity (Wildman–Crippen MR) is 68.9 cm³/mol. The zero-order valence-corrected chi connectivity index (χ0v) is 10.7. The maximum atomic E-state index is 5.65. The van der Waals surface area contributed by atoms with E-state index in [0.717, 1.165) is 18.9 Å². The summed E-state index contributed by atoms with van der Waals surface area (Å²) in [6, 6.07) is 0. The summed E-state index contributed by atoms with van der Waals surface area (Å²) < 4.78 is 0. The van der Waals surface area contributed by atoms with E-state index in [9.17, 15) is 0 Å². The van der Waals surface area contributed by atoms with Gasteiger partial charge in [-0.2, -0.15) is 0 Å². The lowest BCUT2D eigenvalue weighted by Gasteiger charge is -2.21. The van der Waals surface area contributed by atoms with Crippen LogP contribution in [0.1, 0.15) is 36.4 Å².